The number of hydrogen-bond donors (Lipinski definition) is 1. The zero-order chi connectivity index (χ0) is 19.4. The number of carbonyl (C=O) groups is 1. The summed E-state index contributed by atoms with van der Waals surface area (Å²) in [7, 11) is -3.12. The van der Waals surface area contributed by atoms with Crippen LogP contribution in [0.5, 0.6) is 0 Å². The number of nitrogens with one attached hydrogen (secondary N) is 1. The average Bonchev–Trinajstić information content (AvgIpc) is 2.64. The van der Waals surface area contributed by atoms with E-state index >= 15 is 0 Å². The molecule has 0 atom stereocenters. The van der Waals surface area contributed by atoms with E-state index in [0.717, 1.165) is 5.56 Å². The van der Waals surface area contributed by atoms with E-state index in [1.165, 1.54) is 34.8 Å². The van der Waals surface area contributed by atoms with Crippen LogP contribution in [0.4, 0.5) is 10.1 Å². The lowest BCUT2D eigenvalue weighted by molar-refractivity contribution is 0.102. The molecule has 1 saturated heterocycles. The standard InChI is InChI=1S/C19H22FN3O3S/c1-27(25,26)23-12-10-22(11-13-23)14-15-2-4-16(5-3-15)19(24)21-18-8-6-17(20)7-9-18/h2-9H,10-14H2,1H3,(H,21,24). The molecule has 0 radical (unpaired) electrons. The Hall–Kier alpha value is -2.29. The molecule has 0 saturated carbocycles. The summed E-state index contributed by atoms with van der Waals surface area (Å²) in [5, 5.41) is 2.73. The largest absolute Gasteiger partial charge is 0.322 e. The van der Waals surface area contributed by atoms with Crippen LogP contribution < -0.4 is 5.32 Å². The molecule has 1 aliphatic heterocycles. The number of piperazine rings is 1. The van der Waals surface area contributed by atoms with Crippen molar-refractivity contribution in [1.29, 1.82) is 0 Å². The number of benzene rings is 2. The molecule has 2 aromatic rings. The zero-order valence-corrected chi connectivity index (χ0v) is 15.9. The number of nitrogens with zero attached hydrogens (tertiary/aromatic N) is 2. The fourth-order valence-corrected chi connectivity index (χ4v) is 3.80. The third-order valence-electron chi connectivity index (χ3n) is 4.52. The summed E-state index contributed by atoms with van der Waals surface area (Å²) in [5.74, 6) is -0.607. The van der Waals surface area contributed by atoms with Gasteiger partial charge < -0.3 is 5.32 Å². The van der Waals surface area contributed by atoms with E-state index in [9.17, 15) is 17.6 Å². The van der Waals surface area contributed by atoms with Crippen LogP contribution in [0.15, 0.2) is 48.5 Å². The van der Waals surface area contributed by atoms with Gasteiger partial charge in [0.2, 0.25) is 10.0 Å². The maximum Gasteiger partial charge on any atom is 0.255 e. The number of amides is 1. The van der Waals surface area contributed by atoms with Gasteiger partial charge in [0.05, 0.1) is 6.26 Å². The summed E-state index contributed by atoms with van der Waals surface area (Å²) < 4.78 is 37.5. The van der Waals surface area contributed by atoms with Crippen molar-refractivity contribution in [2.75, 3.05) is 37.8 Å². The Kier molecular flexibility index (Phi) is 5.88. The van der Waals surface area contributed by atoms with Gasteiger partial charge in [-0.15, -0.1) is 0 Å². The number of hydrogen-bond acceptors (Lipinski definition) is 4. The van der Waals surface area contributed by atoms with Crippen molar-refractivity contribution in [3.63, 3.8) is 0 Å². The topological polar surface area (TPSA) is 69.7 Å². The summed E-state index contributed by atoms with van der Waals surface area (Å²) in [6, 6.07) is 12.9. The summed E-state index contributed by atoms with van der Waals surface area (Å²) in [5.41, 5.74) is 2.11. The second-order valence-electron chi connectivity index (χ2n) is 6.60. The highest BCUT2D eigenvalue weighted by Crippen LogP contribution is 2.14. The second kappa shape index (κ2) is 8.16. The highest BCUT2D eigenvalue weighted by atomic mass is 32.2. The third-order valence-corrected chi connectivity index (χ3v) is 5.83. The minimum atomic E-state index is -3.12. The molecule has 1 amide bonds. The molecule has 1 heterocycles. The van der Waals surface area contributed by atoms with Gasteiger partial charge >= 0.3 is 0 Å². The summed E-state index contributed by atoms with van der Waals surface area (Å²) in [6.07, 6.45) is 1.23. The van der Waals surface area contributed by atoms with Crippen LogP contribution in [0.1, 0.15) is 15.9 Å². The number of anilines is 1. The van der Waals surface area contributed by atoms with Gasteiger partial charge in [0, 0.05) is 44.0 Å². The molecule has 1 aliphatic rings. The van der Waals surface area contributed by atoms with Crippen LogP contribution in [0.2, 0.25) is 0 Å². The molecular weight excluding hydrogens is 369 g/mol. The van der Waals surface area contributed by atoms with Gasteiger partial charge in [-0.1, -0.05) is 12.1 Å². The Labute approximate surface area is 158 Å². The van der Waals surface area contributed by atoms with Crippen molar-refractivity contribution in [2.24, 2.45) is 0 Å². The lowest BCUT2D eigenvalue weighted by Gasteiger charge is -2.33. The van der Waals surface area contributed by atoms with Gasteiger partial charge in [-0.25, -0.2) is 12.8 Å². The molecule has 0 aliphatic carbocycles. The molecule has 0 unspecified atom stereocenters. The first kappa shape index (κ1) is 19.5. The summed E-state index contributed by atoms with van der Waals surface area (Å²) in [6.45, 7) is 3.06. The van der Waals surface area contributed by atoms with Crippen molar-refractivity contribution in [1.82, 2.24) is 9.21 Å². The van der Waals surface area contributed by atoms with E-state index in [-0.39, 0.29) is 11.7 Å². The smallest absolute Gasteiger partial charge is 0.255 e. The minimum absolute atomic E-state index is 0.255. The second-order valence-corrected chi connectivity index (χ2v) is 8.58. The van der Waals surface area contributed by atoms with E-state index in [2.05, 4.69) is 10.2 Å². The predicted octanol–water partition coefficient (Wildman–Crippen LogP) is 2.16. The van der Waals surface area contributed by atoms with Gasteiger partial charge in [0.1, 0.15) is 5.82 Å². The van der Waals surface area contributed by atoms with Crippen LogP contribution in [0.25, 0.3) is 0 Å². The number of carbonyl (C=O) groups excluding carboxylic acids is 1. The van der Waals surface area contributed by atoms with Crippen LogP contribution in [-0.2, 0) is 16.6 Å². The zero-order valence-electron chi connectivity index (χ0n) is 15.1. The lowest BCUT2D eigenvalue weighted by atomic mass is 10.1. The van der Waals surface area contributed by atoms with Crippen LogP contribution in [0.3, 0.4) is 0 Å². The Bertz CT molecular complexity index is 891. The fourth-order valence-electron chi connectivity index (χ4n) is 2.98. The van der Waals surface area contributed by atoms with Crippen LogP contribution >= 0.6 is 0 Å². The Morgan fingerprint density at radius 3 is 2.15 bits per heavy atom. The monoisotopic (exact) mass is 391 g/mol. The van der Waals surface area contributed by atoms with Gasteiger partial charge in [-0.3, -0.25) is 9.69 Å². The van der Waals surface area contributed by atoms with E-state index in [1.807, 2.05) is 12.1 Å². The Balaban J connectivity index is 1.54. The van der Waals surface area contributed by atoms with Crippen molar-refractivity contribution in [2.45, 2.75) is 6.54 Å². The molecule has 1 fully saturated rings. The first-order chi connectivity index (χ1) is 12.8. The Morgan fingerprint density at radius 2 is 1.59 bits per heavy atom. The maximum absolute atomic E-state index is 12.9. The lowest BCUT2D eigenvalue weighted by Crippen LogP contribution is -2.47. The molecule has 0 bridgehead atoms. The number of sulfonamides is 1. The predicted molar refractivity (Wildman–Crippen MR) is 102 cm³/mol. The van der Waals surface area contributed by atoms with Crippen molar-refractivity contribution in [3.05, 3.63) is 65.5 Å². The maximum atomic E-state index is 12.9. The van der Waals surface area contributed by atoms with Gasteiger partial charge in [0.15, 0.2) is 0 Å². The fraction of sp³-hybridized carbons (Fsp3) is 0.316. The van der Waals surface area contributed by atoms with E-state index < -0.39 is 10.0 Å². The molecular formula is C19H22FN3O3S. The molecule has 3 rings (SSSR count). The van der Waals surface area contributed by atoms with Crippen LogP contribution in [-0.4, -0.2) is 56.0 Å². The Morgan fingerprint density at radius 1 is 1.00 bits per heavy atom. The highest BCUT2D eigenvalue weighted by Gasteiger charge is 2.23. The molecule has 144 valence electrons. The van der Waals surface area contributed by atoms with Crippen molar-refractivity contribution < 1.29 is 17.6 Å². The molecule has 6 nitrogen and oxygen atoms in total. The normalized spacial score (nSPS) is 16.2. The molecule has 1 N–H and O–H groups in total. The molecule has 2 aromatic carbocycles. The first-order valence-corrected chi connectivity index (χ1v) is 10.5. The highest BCUT2D eigenvalue weighted by molar-refractivity contribution is 7.88. The summed E-state index contributed by atoms with van der Waals surface area (Å²) >= 11 is 0. The third kappa shape index (κ3) is 5.35. The first-order valence-electron chi connectivity index (χ1n) is 8.64. The number of rotatable bonds is 5. The molecule has 8 heteroatoms. The average molecular weight is 391 g/mol. The molecule has 0 spiro atoms. The van der Waals surface area contributed by atoms with E-state index in [4.69, 9.17) is 0 Å². The van der Waals surface area contributed by atoms with Crippen molar-refractivity contribution in [3.8, 4) is 0 Å². The molecule has 27 heavy (non-hydrogen) atoms. The van der Waals surface area contributed by atoms with E-state index in [0.29, 0.717) is 44.0 Å². The quantitative estimate of drug-likeness (QED) is 0.848. The van der Waals surface area contributed by atoms with E-state index in [1.54, 1.807) is 12.1 Å². The minimum Gasteiger partial charge on any atom is -0.322 e. The SMILES string of the molecule is CS(=O)(=O)N1CCN(Cc2ccc(C(=O)Nc3ccc(F)cc3)cc2)CC1. The van der Waals surface area contributed by atoms with Crippen molar-refractivity contribution >= 4 is 21.6 Å². The van der Waals surface area contributed by atoms with Gasteiger partial charge in [-0.2, -0.15) is 4.31 Å². The summed E-state index contributed by atoms with van der Waals surface area (Å²) in [4.78, 5) is 14.4. The van der Waals surface area contributed by atoms with Gasteiger partial charge in [0.25, 0.3) is 5.91 Å². The molecule has 0 aromatic heterocycles. The number of halogens is 1. The van der Waals surface area contributed by atoms with Gasteiger partial charge in [-0.05, 0) is 42.0 Å². The van der Waals surface area contributed by atoms with Crippen LogP contribution in [0, 0.1) is 5.82 Å².